The van der Waals surface area contributed by atoms with E-state index < -0.39 is 11.8 Å². The summed E-state index contributed by atoms with van der Waals surface area (Å²) < 4.78 is 6.41. The molecule has 0 heterocycles. The molecule has 2 amide bonds. The largest absolute Gasteiger partial charge is 0.490 e. The lowest BCUT2D eigenvalue weighted by molar-refractivity contribution is -0.126. The number of halogens is 2. The number of nitrogens with one attached hydrogen (secondary N) is 2. The minimum atomic E-state index is -0.533. The standard InChI is InChI=1S/C19H19BrClN3O3/c1-12(2)27-17-8-7-13(9-14(17)20)11-22-24-19(26)10-18(25)23-16-6-4-3-5-15(16)21/h3-9,11-12H,10H2,1-2H3,(H,23,25)(H,24,26). The van der Waals surface area contributed by atoms with Gasteiger partial charge in [0.1, 0.15) is 12.2 Å². The molecule has 8 heteroatoms. The molecule has 0 unspecified atom stereocenters. The van der Waals surface area contributed by atoms with Crippen molar-refractivity contribution in [2.75, 3.05) is 5.32 Å². The Balaban J connectivity index is 1.85. The fraction of sp³-hybridized carbons (Fsp3) is 0.211. The van der Waals surface area contributed by atoms with Crippen molar-refractivity contribution in [3.8, 4) is 5.75 Å². The summed E-state index contributed by atoms with van der Waals surface area (Å²) in [5.41, 5.74) is 3.53. The zero-order valence-electron chi connectivity index (χ0n) is 14.8. The summed E-state index contributed by atoms with van der Waals surface area (Å²) in [6.07, 6.45) is 1.18. The van der Waals surface area contributed by atoms with E-state index in [-0.39, 0.29) is 12.5 Å². The van der Waals surface area contributed by atoms with Gasteiger partial charge in [0.05, 0.1) is 27.5 Å². The lowest BCUT2D eigenvalue weighted by atomic mass is 10.2. The molecule has 0 aromatic heterocycles. The Labute approximate surface area is 171 Å². The number of amides is 2. The van der Waals surface area contributed by atoms with Crippen LogP contribution in [-0.2, 0) is 9.59 Å². The van der Waals surface area contributed by atoms with Gasteiger partial charge in [-0.1, -0.05) is 23.7 Å². The first-order chi connectivity index (χ1) is 12.8. The first kappa shape index (κ1) is 20.9. The minimum Gasteiger partial charge on any atom is -0.490 e. The molecular formula is C19H19BrClN3O3. The van der Waals surface area contributed by atoms with Crippen LogP contribution in [0.15, 0.2) is 52.0 Å². The van der Waals surface area contributed by atoms with Crippen LogP contribution in [0.25, 0.3) is 0 Å². The second kappa shape index (κ2) is 10.1. The predicted octanol–water partition coefficient (Wildman–Crippen LogP) is 4.37. The summed E-state index contributed by atoms with van der Waals surface area (Å²) in [6, 6.07) is 12.2. The summed E-state index contributed by atoms with van der Waals surface area (Å²) >= 11 is 9.39. The van der Waals surface area contributed by atoms with Crippen LogP contribution in [0, 0.1) is 0 Å². The van der Waals surface area contributed by atoms with E-state index in [1.165, 1.54) is 6.21 Å². The van der Waals surface area contributed by atoms with E-state index in [4.69, 9.17) is 16.3 Å². The van der Waals surface area contributed by atoms with Gasteiger partial charge in [0.25, 0.3) is 0 Å². The molecule has 2 aromatic carbocycles. The van der Waals surface area contributed by atoms with E-state index in [9.17, 15) is 9.59 Å². The summed E-state index contributed by atoms with van der Waals surface area (Å²) in [6.45, 7) is 3.89. The number of hydrazone groups is 1. The fourth-order valence-electron chi connectivity index (χ4n) is 2.07. The third-order valence-electron chi connectivity index (χ3n) is 3.19. The Bertz CT molecular complexity index is 856. The molecule has 0 aliphatic rings. The summed E-state index contributed by atoms with van der Waals surface area (Å²) in [5, 5.41) is 6.84. The van der Waals surface area contributed by atoms with Crippen molar-refractivity contribution < 1.29 is 14.3 Å². The molecular weight excluding hydrogens is 434 g/mol. The molecule has 0 radical (unpaired) electrons. The van der Waals surface area contributed by atoms with Crippen molar-refractivity contribution in [3.05, 3.63) is 57.5 Å². The van der Waals surface area contributed by atoms with Gasteiger partial charge in [0.15, 0.2) is 0 Å². The fourth-order valence-corrected chi connectivity index (χ4v) is 2.74. The maximum absolute atomic E-state index is 11.9. The van der Waals surface area contributed by atoms with Crippen LogP contribution >= 0.6 is 27.5 Å². The van der Waals surface area contributed by atoms with Crippen LogP contribution in [0.2, 0.25) is 5.02 Å². The highest BCUT2D eigenvalue weighted by Gasteiger charge is 2.10. The SMILES string of the molecule is CC(C)Oc1ccc(C=NNC(=O)CC(=O)Nc2ccccc2Cl)cc1Br. The topological polar surface area (TPSA) is 79.8 Å². The molecule has 0 aliphatic carbocycles. The lowest BCUT2D eigenvalue weighted by Gasteiger charge is -2.11. The average molecular weight is 453 g/mol. The molecule has 2 rings (SSSR count). The second-order valence-corrected chi connectivity index (χ2v) is 7.12. The van der Waals surface area contributed by atoms with Crippen LogP contribution in [0.1, 0.15) is 25.8 Å². The smallest absolute Gasteiger partial charge is 0.249 e. The number of benzene rings is 2. The maximum atomic E-state index is 11.9. The van der Waals surface area contributed by atoms with E-state index in [1.807, 2.05) is 32.0 Å². The molecule has 142 valence electrons. The van der Waals surface area contributed by atoms with E-state index in [0.717, 1.165) is 15.8 Å². The van der Waals surface area contributed by atoms with Crippen LogP contribution < -0.4 is 15.5 Å². The van der Waals surface area contributed by atoms with Crippen molar-refractivity contribution in [2.24, 2.45) is 5.10 Å². The van der Waals surface area contributed by atoms with Crippen molar-refractivity contribution in [1.82, 2.24) is 5.43 Å². The Hall–Kier alpha value is -2.38. The molecule has 6 nitrogen and oxygen atoms in total. The maximum Gasteiger partial charge on any atom is 0.249 e. The van der Waals surface area contributed by atoms with Gasteiger partial charge in [0, 0.05) is 0 Å². The van der Waals surface area contributed by atoms with E-state index in [0.29, 0.717) is 10.7 Å². The van der Waals surface area contributed by atoms with Crippen molar-refractivity contribution >= 4 is 51.2 Å². The van der Waals surface area contributed by atoms with Crippen LogP contribution in [0.4, 0.5) is 5.69 Å². The number of rotatable bonds is 7. The van der Waals surface area contributed by atoms with Crippen molar-refractivity contribution in [3.63, 3.8) is 0 Å². The molecule has 0 saturated heterocycles. The third-order valence-corrected chi connectivity index (χ3v) is 4.14. The highest BCUT2D eigenvalue weighted by Crippen LogP contribution is 2.26. The Kier molecular flexibility index (Phi) is 7.82. The number of hydrogen-bond donors (Lipinski definition) is 2. The van der Waals surface area contributed by atoms with E-state index >= 15 is 0 Å². The Morgan fingerprint density at radius 2 is 1.96 bits per heavy atom. The normalized spacial score (nSPS) is 10.9. The van der Waals surface area contributed by atoms with Crippen LogP contribution in [-0.4, -0.2) is 24.1 Å². The number of para-hydroxylation sites is 1. The van der Waals surface area contributed by atoms with Gasteiger partial charge in [-0.25, -0.2) is 5.43 Å². The first-order valence-corrected chi connectivity index (χ1v) is 9.34. The van der Waals surface area contributed by atoms with Crippen LogP contribution in [0.3, 0.4) is 0 Å². The number of carbonyl (C=O) groups is 2. The summed E-state index contributed by atoms with van der Waals surface area (Å²) in [4.78, 5) is 23.7. The van der Waals surface area contributed by atoms with Crippen molar-refractivity contribution in [1.29, 1.82) is 0 Å². The van der Waals surface area contributed by atoms with Gasteiger partial charge in [0.2, 0.25) is 11.8 Å². The molecule has 0 aliphatic heterocycles. The monoisotopic (exact) mass is 451 g/mol. The van der Waals surface area contributed by atoms with Gasteiger partial charge in [-0.05, 0) is 65.7 Å². The second-order valence-electron chi connectivity index (χ2n) is 5.85. The lowest BCUT2D eigenvalue weighted by Crippen LogP contribution is -2.24. The van der Waals surface area contributed by atoms with E-state index in [1.54, 1.807) is 24.3 Å². The van der Waals surface area contributed by atoms with Crippen molar-refractivity contribution in [2.45, 2.75) is 26.4 Å². The molecule has 0 atom stereocenters. The summed E-state index contributed by atoms with van der Waals surface area (Å²) in [7, 11) is 0. The molecule has 27 heavy (non-hydrogen) atoms. The van der Waals surface area contributed by atoms with Gasteiger partial charge in [-0.2, -0.15) is 5.10 Å². The average Bonchev–Trinajstić information content (AvgIpc) is 2.59. The molecule has 0 spiro atoms. The molecule has 2 N–H and O–H groups in total. The Morgan fingerprint density at radius 3 is 2.63 bits per heavy atom. The highest BCUT2D eigenvalue weighted by atomic mass is 79.9. The number of carbonyl (C=O) groups excluding carboxylic acids is 2. The van der Waals surface area contributed by atoms with Gasteiger partial charge in [-0.3, -0.25) is 9.59 Å². The number of ether oxygens (including phenoxy) is 1. The van der Waals surface area contributed by atoms with Gasteiger partial charge < -0.3 is 10.1 Å². The summed E-state index contributed by atoms with van der Waals surface area (Å²) in [5.74, 6) is -0.286. The minimum absolute atomic E-state index is 0.0667. The Morgan fingerprint density at radius 1 is 1.22 bits per heavy atom. The quantitative estimate of drug-likeness (QED) is 0.372. The predicted molar refractivity (Wildman–Crippen MR) is 110 cm³/mol. The molecule has 0 fully saturated rings. The molecule has 0 bridgehead atoms. The first-order valence-electron chi connectivity index (χ1n) is 8.17. The number of hydrogen-bond acceptors (Lipinski definition) is 4. The number of anilines is 1. The van der Waals surface area contributed by atoms with Gasteiger partial charge in [-0.15, -0.1) is 0 Å². The van der Waals surface area contributed by atoms with Gasteiger partial charge >= 0.3 is 0 Å². The zero-order valence-corrected chi connectivity index (χ0v) is 17.2. The molecule has 0 saturated carbocycles. The number of nitrogens with zero attached hydrogens (tertiary/aromatic N) is 1. The third kappa shape index (κ3) is 7.03. The van der Waals surface area contributed by atoms with E-state index in [2.05, 4.69) is 31.8 Å². The highest BCUT2D eigenvalue weighted by molar-refractivity contribution is 9.10. The van der Waals surface area contributed by atoms with Crippen LogP contribution in [0.5, 0.6) is 5.75 Å². The zero-order chi connectivity index (χ0) is 19.8. The molecule has 2 aromatic rings.